The Kier molecular flexibility index (Phi) is 15.2. The second kappa shape index (κ2) is 12.1. The molecule has 0 aromatic heterocycles. The molecule has 0 aromatic carbocycles. The molecule has 110 valence electrons. The second-order valence-corrected chi connectivity index (χ2v) is 5.89. The number of unbranched alkanes of at least 4 members (excludes halogenated alkanes) is 1. The van der Waals surface area contributed by atoms with Crippen molar-refractivity contribution in [3.63, 3.8) is 0 Å². The van der Waals surface area contributed by atoms with Crippen LogP contribution in [0.5, 0.6) is 0 Å². The van der Waals surface area contributed by atoms with Crippen LogP contribution >= 0.6 is 0 Å². The third-order valence-corrected chi connectivity index (χ3v) is 4.47. The molecule has 0 rings (SSSR count). The number of aliphatic carboxylic acids is 2. The maximum Gasteiger partial charge on any atom is 1.00 e. The molecule has 10 heteroatoms. The van der Waals surface area contributed by atoms with Crippen molar-refractivity contribution in [2.75, 3.05) is 6.61 Å². The molecule has 0 fully saturated rings. The Labute approximate surface area is 168 Å². The first-order valence-electron chi connectivity index (χ1n) is 5.64. The van der Waals surface area contributed by atoms with Crippen molar-refractivity contribution in [2.45, 2.75) is 37.4 Å². The topological polar surface area (TPSA) is 124 Å². The van der Waals surface area contributed by atoms with Gasteiger partial charge in [-0.2, -0.15) is 8.42 Å². The molecule has 0 heterocycles. The number of hydrogen-bond acceptors (Lipinski definition) is 7. The number of carbonyl (C=O) groups excluding carboxylic acids is 2. The van der Waals surface area contributed by atoms with Crippen molar-refractivity contribution < 1.29 is 91.5 Å². The van der Waals surface area contributed by atoms with Crippen LogP contribution in [-0.4, -0.2) is 31.7 Å². The monoisotopic (exact) mass is 338 g/mol. The smallest absolute Gasteiger partial charge is 0.550 e. The van der Waals surface area contributed by atoms with E-state index in [1.165, 1.54) is 0 Å². The van der Waals surface area contributed by atoms with Gasteiger partial charge in [-0.25, -0.2) is 0 Å². The standard InChI is InChI=1S/C11H18O7S.2Na/c1-3-5-6-11(10(14)15,8-9(12)13)19(16,17)18-7-4-2;;/h4H,2-3,5-8H2,1H3,(H,12,13)(H,14,15);;/q;2*+1/p-2. The zero-order valence-corrected chi connectivity index (χ0v) is 17.4. The van der Waals surface area contributed by atoms with E-state index < -0.39 is 46.3 Å². The van der Waals surface area contributed by atoms with Gasteiger partial charge in [0.25, 0.3) is 10.1 Å². The second-order valence-electron chi connectivity index (χ2n) is 3.96. The third kappa shape index (κ3) is 7.60. The number of carbonyl (C=O) groups is 2. The molecule has 0 spiro atoms. The molecule has 21 heavy (non-hydrogen) atoms. The summed E-state index contributed by atoms with van der Waals surface area (Å²) < 4.78 is 25.6. The predicted molar refractivity (Wildman–Crippen MR) is 62.0 cm³/mol. The molecule has 0 saturated carbocycles. The molecule has 7 nitrogen and oxygen atoms in total. The fourth-order valence-electron chi connectivity index (χ4n) is 1.52. The fraction of sp³-hybridized carbons (Fsp3) is 0.636. The Morgan fingerprint density at radius 3 is 2.14 bits per heavy atom. The van der Waals surface area contributed by atoms with E-state index in [0.29, 0.717) is 6.42 Å². The molecular weight excluding hydrogens is 322 g/mol. The maximum atomic E-state index is 11.9. The van der Waals surface area contributed by atoms with Gasteiger partial charge in [0.2, 0.25) is 0 Å². The van der Waals surface area contributed by atoms with Crippen LogP contribution in [0.3, 0.4) is 0 Å². The fourth-order valence-corrected chi connectivity index (χ4v) is 2.92. The molecule has 0 N–H and O–H groups in total. The molecule has 0 aliphatic carbocycles. The van der Waals surface area contributed by atoms with Gasteiger partial charge in [-0.05, 0) is 6.42 Å². The largest absolute Gasteiger partial charge is 1.00 e. The zero-order chi connectivity index (χ0) is 15.1. The van der Waals surface area contributed by atoms with E-state index in [1.54, 1.807) is 6.92 Å². The molecule has 1 unspecified atom stereocenters. The van der Waals surface area contributed by atoms with Gasteiger partial charge >= 0.3 is 59.1 Å². The minimum atomic E-state index is -4.67. The summed E-state index contributed by atoms with van der Waals surface area (Å²) in [5.74, 6) is -3.81. The van der Waals surface area contributed by atoms with E-state index >= 15 is 0 Å². The molecular formula is C11H16Na2O7S. The summed E-state index contributed by atoms with van der Waals surface area (Å²) in [5.41, 5.74) is 0. The Bertz CT molecular complexity index is 449. The predicted octanol–water partition coefficient (Wildman–Crippen LogP) is -7.65. The number of carboxylic acids is 2. The van der Waals surface area contributed by atoms with Crippen LogP contribution < -0.4 is 69.3 Å². The normalized spacial score (nSPS) is 13.2. The minimum Gasteiger partial charge on any atom is -0.550 e. The summed E-state index contributed by atoms with van der Waals surface area (Å²) in [6.07, 6.45) is 0.154. The quantitative estimate of drug-likeness (QED) is 0.220. The molecule has 0 aliphatic heterocycles. The number of carboxylic acid groups (broad SMARTS) is 2. The van der Waals surface area contributed by atoms with Gasteiger partial charge in [0.1, 0.15) is 4.75 Å². The van der Waals surface area contributed by atoms with Gasteiger partial charge < -0.3 is 19.8 Å². The average molecular weight is 338 g/mol. The number of hydrogen-bond donors (Lipinski definition) is 0. The van der Waals surface area contributed by atoms with Crippen LogP contribution in [-0.2, 0) is 23.9 Å². The SMILES string of the molecule is C=CCOS(=O)(=O)C(CCCC)(CC(=O)[O-])C(=O)[O-].[Na+].[Na+]. The summed E-state index contributed by atoms with van der Waals surface area (Å²) in [5, 5.41) is 21.8. The maximum absolute atomic E-state index is 11.9. The van der Waals surface area contributed by atoms with E-state index in [-0.39, 0.29) is 65.5 Å². The molecule has 0 bridgehead atoms. The Morgan fingerprint density at radius 1 is 1.29 bits per heavy atom. The van der Waals surface area contributed by atoms with Crippen LogP contribution in [0.1, 0.15) is 32.6 Å². The first-order chi connectivity index (χ1) is 8.73. The van der Waals surface area contributed by atoms with Crippen molar-refractivity contribution in [3.05, 3.63) is 12.7 Å². The summed E-state index contributed by atoms with van der Waals surface area (Å²) in [7, 11) is -4.67. The third-order valence-electron chi connectivity index (χ3n) is 2.56. The van der Waals surface area contributed by atoms with Crippen LogP contribution in [0.4, 0.5) is 0 Å². The average Bonchev–Trinajstić information content (AvgIpc) is 2.30. The zero-order valence-electron chi connectivity index (χ0n) is 12.6. The summed E-state index contributed by atoms with van der Waals surface area (Å²) in [4.78, 5) is 21.8. The van der Waals surface area contributed by atoms with Crippen molar-refractivity contribution in [3.8, 4) is 0 Å². The minimum absolute atomic E-state index is 0. The van der Waals surface area contributed by atoms with Crippen LogP contribution in [0.15, 0.2) is 12.7 Å². The van der Waals surface area contributed by atoms with E-state index in [9.17, 15) is 28.2 Å². The van der Waals surface area contributed by atoms with Crippen molar-refractivity contribution in [1.82, 2.24) is 0 Å². The molecule has 0 aromatic rings. The van der Waals surface area contributed by atoms with E-state index in [2.05, 4.69) is 10.8 Å². The van der Waals surface area contributed by atoms with Gasteiger partial charge in [-0.15, -0.1) is 6.58 Å². The Balaban J connectivity index is -0.00000162. The first-order valence-corrected chi connectivity index (χ1v) is 7.05. The van der Waals surface area contributed by atoms with Gasteiger partial charge in [-0.1, -0.05) is 25.8 Å². The molecule has 0 amide bonds. The van der Waals surface area contributed by atoms with Crippen molar-refractivity contribution >= 4 is 22.1 Å². The Morgan fingerprint density at radius 2 is 1.81 bits per heavy atom. The van der Waals surface area contributed by atoms with Crippen LogP contribution in [0, 0.1) is 0 Å². The summed E-state index contributed by atoms with van der Waals surface area (Å²) >= 11 is 0. The summed E-state index contributed by atoms with van der Waals surface area (Å²) in [6.45, 7) is 4.49. The molecule has 0 radical (unpaired) electrons. The molecule has 0 saturated heterocycles. The van der Waals surface area contributed by atoms with E-state index in [0.717, 1.165) is 6.08 Å². The number of rotatable bonds is 10. The van der Waals surface area contributed by atoms with Gasteiger partial charge in [0, 0.05) is 12.4 Å². The van der Waals surface area contributed by atoms with Gasteiger partial charge in [0.05, 0.1) is 12.6 Å². The van der Waals surface area contributed by atoms with Crippen molar-refractivity contribution in [2.24, 2.45) is 0 Å². The van der Waals surface area contributed by atoms with Crippen molar-refractivity contribution in [1.29, 1.82) is 0 Å². The molecule has 1 atom stereocenters. The van der Waals surface area contributed by atoms with Gasteiger partial charge in [0.15, 0.2) is 0 Å². The van der Waals surface area contributed by atoms with E-state index in [1.807, 2.05) is 0 Å². The van der Waals surface area contributed by atoms with Gasteiger partial charge in [-0.3, -0.25) is 4.18 Å². The molecule has 0 aliphatic rings. The Hall–Kier alpha value is 0.590. The van der Waals surface area contributed by atoms with Crippen LogP contribution in [0.2, 0.25) is 0 Å². The first kappa shape index (κ1) is 26.5. The van der Waals surface area contributed by atoms with E-state index in [4.69, 9.17) is 0 Å². The van der Waals surface area contributed by atoms with Crippen LogP contribution in [0.25, 0.3) is 0 Å². The summed E-state index contributed by atoms with van der Waals surface area (Å²) in [6, 6.07) is 0.